The normalized spacial score (nSPS) is 12.0. The molecule has 0 radical (unpaired) electrons. The second-order valence-corrected chi connectivity index (χ2v) is 2.82. The molecule has 5 nitrogen and oxygen atoms in total. The molecule has 0 saturated heterocycles. The molecular formula is C9H10N2O3. The molecule has 0 aliphatic rings. The maximum atomic E-state index is 10.8. The Hall–Kier alpha value is -1.91. The highest BCUT2D eigenvalue weighted by Crippen LogP contribution is 2.16. The quantitative estimate of drug-likeness (QED) is 0.712. The van der Waals surface area contributed by atoms with Crippen molar-refractivity contribution in [3.05, 3.63) is 30.1 Å². The summed E-state index contributed by atoms with van der Waals surface area (Å²) in [6.07, 6.45) is 1.25. The van der Waals surface area contributed by atoms with Crippen LogP contribution >= 0.6 is 0 Å². The van der Waals surface area contributed by atoms with E-state index in [2.05, 4.69) is 4.98 Å². The standard InChI is InChI=1S/C9H10N2O3/c10-8(12)5-6(9(13)14)7-3-1-2-4-11-7/h1-4,6H,5H2,(H2,10,12)(H,13,14). The Labute approximate surface area is 80.6 Å². The third-order valence-electron chi connectivity index (χ3n) is 1.75. The summed E-state index contributed by atoms with van der Waals surface area (Å²) in [6.45, 7) is 0. The fourth-order valence-electron chi connectivity index (χ4n) is 1.10. The number of amides is 1. The van der Waals surface area contributed by atoms with Crippen LogP contribution in [0, 0.1) is 0 Å². The Bertz CT molecular complexity index is 337. The zero-order chi connectivity index (χ0) is 10.6. The van der Waals surface area contributed by atoms with E-state index in [0.29, 0.717) is 5.69 Å². The fourth-order valence-corrected chi connectivity index (χ4v) is 1.10. The highest BCUT2D eigenvalue weighted by molar-refractivity contribution is 5.84. The molecule has 1 unspecified atom stereocenters. The van der Waals surface area contributed by atoms with Crippen LogP contribution in [-0.4, -0.2) is 22.0 Å². The lowest BCUT2D eigenvalue weighted by Crippen LogP contribution is -2.21. The summed E-state index contributed by atoms with van der Waals surface area (Å²) >= 11 is 0. The average molecular weight is 194 g/mol. The van der Waals surface area contributed by atoms with Gasteiger partial charge in [0.1, 0.15) is 5.92 Å². The van der Waals surface area contributed by atoms with E-state index in [1.807, 2.05) is 0 Å². The molecule has 5 heteroatoms. The zero-order valence-electron chi connectivity index (χ0n) is 7.38. The molecule has 0 bridgehead atoms. The molecule has 1 heterocycles. The first-order valence-corrected chi connectivity index (χ1v) is 4.03. The molecule has 1 amide bonds. The van der Waals surface area contributed by atoms with E-state index in [-0.39, 0.29) is 6.42 Å². The number of pyridine rings is 1. The smallest absolute Gasteiger partial charge is 0.313 e. The molecular weight excluding hydrogens is 184 g/mol. The molecule has 1 aromatic rings. The summed E-state index contributed by atoms with van der Waals surface area (Å²) in [6, 6.07) is 4.90. The van der Waals surface area contributed by atoms with Gasteiger partial charge in [-0.15, -0.1) is 0 Å². The molecule has 14 heavy (non-hydrogen) atoms. The largest absolute Gasteiger partial charge is 0.481 e. The summed E-state index contributed by atoms with van der Waals surface area (Å²) in [5.74, 6) is -2.70. The van der Waals surface area contributed by atoms with Gasteiger partial charge in [-0.25, -0.2) is 0 Å². The summed E-state index contributed by atoms with van der Waals surface area (Å²) in [4.78, 5) is 25.3. The lowest BCUT2D eigenvalue weighted by molar-refractivity contribution is -0.140. The van der Waals surface area contributed by atoms with Crippen molar-refractivity contribution in [2.75, 3.05) is 0 Å². The van der Waals surface area contributed by atoms with Crippen molar-refractivity contribution in [2.24, 2.45) is 5.73 Å². The number of carbonyl (C=O) groups is 2. The first kappa shape index (κ1) is 10.2. The molecule has 3 N–H and O–H groups in total. The van der Waals surface area contributed by atoms with Crippen LogP contribution in [0.2, 0.25) is 0 Å². The molecule has 0 aromatic carbocycles. The average Bonchev–Trinajstić information content (AvgIpc) is 2.15. The van der Waals surface area contributed by atoms with Gasteiger partial charge in [0.25, 0.3) is 0 Å². The third kappa shape index (κ3) is 2.55. The molecule has 1 aromatic heterocycles. The van der Waals surface area contributed by atoms with Gasteiger partial charge in [0.2, 0.25) is 5.91 Å². The number of carboxylic acids is 1. The van der Waals surface area contributed by atoms with Crippen molar-refractivity contribution in [1.29, 1.82) is 0 Å². The van der Waals surface area contributed by atoms with Crippen LogP contribution in [0.25, 0.3) is 0 Å². The van der Waals surface area contributed by atoms with E-state index in [4.69, 9.17) is 10.8 Å². The SMILES string of the molecule is NC(=O)CC(C(=O)O)c1ccccn1. The van der Waals surface area contributed by atoms with Crippen LogP contribution in [0.3, 0.4) is 0 Å². The van der Waals surface area contributed by atoms with Crippen LogP contribution in [0.1, 0.15) is 18.0 Å². The Morgan fingerprint density at radius 1 is 1.50 bits per heavy atom. The Morgan fingerprint density at radius 3 is 2.64 bits per heavy atom. The minimum absolute atomic E-state index is 0.230. The van der Waals surface area contributed by atoms with E-state index in [9.17, 15) is 9.59 Å². The molecule has 0 spiro atoms. The third-order valence-corrected chi connectivity index (χ3v) is 1.75. The Morgan fingerprint density at radius 2 is 2.21 bits per heavy atom. The summed E-state index contributed by atoms with van der Waals surface area (Å²) in [5.41, 5.74) is 5.28. The monoisotopic (exact) mass is 194 g/mol. The van der Waals surface area contributed by atoms with Gasteiger partial charge in [0.05, 0.1) is 5.69 Å². The van der Waals surface area contributed by atoms with E-state index in [0.717, 1.165) is 0 Å². The number of hydrogen-bond donors (Lipinski definition) is 2. The topological polar surface area (TPSA) is 93.3 Å². The Kier molecular flexibility index (Phi) is 3.17. The van der Waals surface area contributed by atoms with Crippen molar-refractivity contribution < 1.29 is 14.7 Å². The van der Waals surface area contributed by atoms with Gasteiger partial charge in [-0.1, -0.05) is 6.07 Å². The van der Waals surface area contributed by atoms with E-state index in [1.165, 1.54) is 6.20 Å². The van der Waals surface area contributed by atoms with E-state index >= 15 is 0 Å². The van der Waals surface area contributed by atoms with Crippen molar-refractivity contribution in [1.82, 2.24) is 4.98 Å². The number of primary amides is 1. The summed E-state index contributed by atoms with van der Waals surface area (Å²) < 4.78 is 0. The zero-order valence-corrected chi connectivity index (χ0v) is 7.38. The fraction of sp³-hybridized carbons (Fsp3) is 0.222. The van der Waals surface area contributed by atoms with Gasteiger partial charge in [-0.05, 0) is 12.1 Å². The lowest BCUT2D eigenvalue weighted by Gasteiger charge is -2.08. The number of nitrogens with zero attached hydrogens (tertiary/aromatic N) is 1. The van der Waals surface area contributed by atoms with Gasteiger partial charge in [-0.3, -0.25) is 14.6 Å². The van der Waals surface area contributed by atoms with Crippen molar-refractivity contribution in [3.63, 3.8) is 0 Å². The predicted octanol–water partition coefficient (Wildman–Crippen LogP) is 0.125. The van der Waals surface area contributed by atoms with Gasteiger partial charge in [0.15, 0.2) is 0 Å². The molecule has 0 fully saturated rings. The highest BCUT2D eigenvalue weighted by Gasteiger charge is 2.22. The number of rotatable bonds is 4. The molecule has 1 atom stereocenters. The maximum absolute atomic E-state index is 10.8. The first-order valence-electron chi connectivity index (χ1n) is 4.03. The molecule has 1 rings (SSSR count). The van der Waals surface area contributed by atoms with Crippen molar-refractivity contribution in [2.45, 2.75) is 12.3 Å². The van der Waals surface area contributed by atoms with E-state index < -0.39 is 17.8 Å². The number of aromatic nitrogens is 1. The molecule has 0 aliphatic heterocycles. The first-order chi connectivity index (χ1) is 6.61. The van der Waals surface area contributed by atoms with Gasteiger partial charge < -0.3 is 10.8 Å². The van der Waals surface area contributed by atoms with Crippen LogP contribution < -0.4 is 5.73 Å². The minimum Gasteiger partial charge on any atom is -0.481 e. The predicted molar refractivity (Wildman–Crippen MR) is 48.4 cm³/mol. The maximum Gasteiger partial charge on any atom is 0.313 e. The van der Waals surface area contributed by atoms with Crippen molar-refractivity contribution in [3.8, 4) is 0 Å². The van der Waals surface area contributed by atoms with Crippen molar-refractivity contribution >= 4 is 11.9 Å². The van der Waals surface area contributed by atoms with Crippen LogP contribution in [0.4, 0.5) is 0 Å². The number of hydrogen-bond acceptors (Lipinski definition) is 3. The van der Waals surface area contributed by atoms with Crippen LogP contribution in [0.15, 0.2) is 24.4 Å². The molecule has 0 saturated carbocycles. The summed E-state index contributed by atoms with van der Waals surface area (Å²) in [7, 11) is 0. The number of aliphatic carboxylic acids is 1. The second-order valence-electron chi connectivity index (χ2n) is 2.82. The number of carbonyl (C=O) groups excluding carboxylic acids is 1. The Balaban J connectivity index is 2.89. The van der Waals surface area contributed by atoms with E-state index in [1.54, 1.807) is 18.2 Å². The second kappa shape index (κ2) is 4.36. The molecule has 74 valence electrons. The highest BCUT2D eigenvalue weighted by atomic mass is 16.4. The number of nitrogens with two attached hydrogens (primary N) is 1. The molecule has 0 aliphatic carbocycles. The van der Waals surface area contributed by atoms with Crippen LogP contribution in [0.5, 0.6) is 0 Å². The van der Waals surface area contributed by atoms with Gasteiger partial charge in [-0.2, -0.15) is 0 Å². The minimum atomic E-state index is -1.09. The van der Waals surface area contributed by atoms with Crippen LogP contribution in [-0.2, 0) is 9.59 Å². The number of carboxylic acid groups (broad SMARTS) is 1. The summed E-state index contributed by atoms with van der Waals surface area (Å²) in [5, 5.41) is 8.83. The lowest BCUT2D eigenvalue weighted by atomic mass is 10.0. The van der Waals surface area contributed by atoms with Gasteiger partial charge >= 0.3 is 5.97 Å². The van der Waals surface area contributed by atoms with Gasteiger partial charge in [0, 0.05) is 12.6 Å².